The Labute approximate surface area is 162 Å². The second-order valence-electron chi connectivity index (χ2n) is 6.03. The number of nitrogens with one attached hydrogen (secondary N) is 2. The molecule has 0 saturated heterocycles. The van der Waals surface area contributed by atoms with Crippen molar-refractivity contribution in [3.05, 3.63) is 89.5 Å². The Morgan fingerprint density at radius 3 is 1.89 bits per heavy atom. The number of carbonyl (C=O) groups excluding carboxylic acids is 2. The summed E-state index contributed by atoms with van der Waals surface area (Å²) in [5, 5.41) is 5.62. The van der Waals surface area contributed by atoms with Gasteiger partial charge in [-0.3, -0.25) is 19.6 Å². The summed E-state index contributed by atoms with van der Waals surface area (Å²) in [7, 11) is 1.60. The molecule has 0 fully saturated rings. The number of aromatic nitrogens is 2. The van der Waals surface area contributed by atoms with Gasteiger partial charge in [0.1, 0.15) is 5.75 Å². The van der Waals surface area contributed by atoms with Gasteiger partial charge in [0.2, 0.25) is 0 Å². The third kappa shape index (κ3) is 5.14. The van der Waals surface area contributed by atoms with Crippen LogP contribution in [0.15, 0.2) is 67.3 Å². The molecule has 2 aromatic heterocycles. The van der Waals surface area contributed by atoms with Crippen molar-refractivity contribution in [3.8, 4) is 5.75 Å². The molecule has 0 bridgehead atoms. The first kappa shape index (κ1) is 19.0. The molecule has 3 aromatic rings. The lowest BCUT2D eigenvalue weighted by Gasteiger charge is -2.08. The summed E-state index contributed by atoms with van der Waals surface area (Å²) < 4.78 is 5.11. The van der Waals surface area contributed by atoms with Crippen LogP contribution in [-0.2, 0) is 13.1 Å². The van der Waals surface area contributed by atoms with Crippen LogP contribution in [0, 0.1) is 0 Å². The second-order valence-corrected chi connectivity index (χ2v) is 6.03. The van der Waals surface area contributed by atoms with Gasteiger partial charge in [-0.25, -0.2) is 0 Å². The summed E-state index contributed by atoms with van der Waals surface area (Å²) in [4.78, 5) is 32.7. The highest BCUT2D eigenvalue weighted by Crippen LogP contribution is 2.11. The molecule has 0 unspecified atom stereocenters. The fourth-order valence-electron chi connectivity index (χ4n) is 2.50. The molecular weight excluding hydrogens is 356 g/mol. The van der Waals surface area contributed by atoms with Crippen molar-refractivity contribution in [2.24, 2.45) is 0 Å². The summed E-state index contributed by atoms with van der Waals surface area (Å²) in [5.74, 6) is 0.158. The molecule has 0 saturated carbocycles. The van der Waals surface area contributed by atoms with Crippen molar-refractivity contribution in [2.75, 3.05) is 7.11 Å². The van der Waals surface area contributed by atoms with Gasteiger partial charge in [-0.15, -0.1) is 0 Å². The Hall–Kier alpha value is -3.74. The van der Waals surface area contributed by atoms with Gasteiger partial charge >= 0.3 is 0 Å². The molecule has 0 aliphatic carbocycles. The summed E-state index contributed by atoms with van der Waals surface area (Å²) >= 11 is 0. The van der Waals surface area contributed by atoms with Crippen LogP contribution in [0.1, 0.15) is 31.8 Å². The maximum Gasteiger partial charge on any atom is 0.253 e. The Balaban J connectivity index is 1.58. The van der Waals surface area contributed by atoms with Crippen molar-refractivity contribution < 1.29 is 14.3 Å². The Kier molecular flexibility index (Phi) is 6.30. The van der Waals surface area contributed by atoms with E-state index in [2.05, 4.69) is 20.6 Å². The van der Waals surface area contributed by atoms with Gasteiger partial charge in [-0.2, -0.15) is 0 Å². The number of pyridine rings is 2. The van der Waals surface area contributed by atoms with E-state index in [0.29, 0.717) is 24.2 Å². The number of amides is 2. The predicted molar refractivity (Wildman–Crippen MR) is 104 cm³/mol. The lowest BCUT2D eigenvalue weighted by atomic mass is 10.1. The number of hydrogen-bond donors (Lipinski definition) is 2. The van der Waals surface area contributed by atoms with Gasteiger partial charge in [0.15, 0.2) is 0 Å². The molecule has 0 spiro atoms. The maximum absolute atomic E-state index is 12.4. The molecule has 28 heavy (non-hydrogen) atoms. The quantitative estimate of drug-likeness (QED) is 0.660. The van der Waals surface area contributed by atoms with E-state index in [9.17, 15) is 9.59 Å². The third-order valence-corrected chi connectivity index (χ3v) is 4.08. The van der Waals surface area contributed by atoms with E-state index in [1.54, 1.807) is 19.5 Å². The average Bonchev–Trinajstić information content (AvgIpc) is 2.77. The SMILES string of the molecule is COc1ccc(CNC(=O)c2cncc(C(=O)NCc3ccncc3)c2)cc1. The number of methoxy groups -OCH3 is 1. The lowest BCUT2D eigenvalue weighted by molar-refractivity contribution is 0.0950. The summed E-state index contributed by atoms with van der Waals surface area (Å²) in [6.45, 7) is 0.733. The van der Waals surface area contributed by atoms with E-state index in [0.717, 1.165) is 16.9 Å². The highest BCUT2D eigenvalue weighted by Gasteiger charge is 2.11. The molecule has 7 nitrogen and oxygen atoms in total. The van der Waals surface area contributed by atoms with E-state index in [4.69, 9.17) is 4.74 Å². The van der Waals surface area contributed by atoms with Gasteiger partial charge in [0.05, 0.1) is 18.2 Å². The zero-order valence-electron chi connectivity index (χ0n) is 15.4. The topological polar surface area (TPSA) is 93.2 Å². The van der Waals surface area contributed by atoms with Crippen molar-refractivity contribution in [1.82, 2.24) is 20.6 Å². The van der Waals surface area contributed by atoms with Crippen LogP contribution in [0.25, 0.3) is 0 Å². The normalized spacial score (nSPS) is 10.2. The number of benzene rings is 1. The van der Waals surface area contributed by atoms with Gasteiger partial charge in [0.25, 0.3) is 11.8 Å². The molecular formula is C21H20N4O3. The smallest absolute Gasteiger partial charge is 0.253 e. The number of hydrogen-bond acceptors (Lipinski definition) is 5. The van der Waals surface area contributed by atoms with Gasteiger partial charge < -0.3 is 15.4 Å². The fourth-order valence-corrected chi connectivity index (χ4v) is 2.50. The number of carbonyl (C=O) groups is 2. The van der Waals surface area contributed by atoms with E-state index in [1.807, 2.05) is 36.4 Å². The molecule has 1 aromatic carbocycles. The number of rotatable bonds is 7. The molecule has 0 aliphatic rings. The van der Waals surface area contributed by atoms with Crippen molar-refractivity contribution in [2.45, 2.75) is 13.1 Å². The fraction of sp³-hybridized carbons (Fsp3) is 0.143. The molecule has 3 rings (SSSR count). The maximum atomic E-state index is 12.4. The van der Waals surface area contributed by atoms with Crippen LogP contribution >= 0.6 is 0 Å². The number of nitrogens with zero attached hydrogens (tertiary/aromatic N) is 2. The summed E-state index contributed by atoms with van der Waals surface area (Å²) in [5.41, 5.74) is 2.52. The van der Waals surface area contributed by atoms with Crippen LogP contribution in [-0.4, -0.2) is 28.9 Å². The van der Waals surface area contributed by atoms with Crippen LogP contribution in [0.5, 0.6) is 5.75 Å². The van der Waals surface area contributed by atoms with E-state index >= 15 is 0 Å². The molecule has 0 radical (unpaired) electrons. The molecule has 7 heteroatoms. The van der Waals surface area contributed by atoms with Crippen molar-refractivity contribution in [3.63, 3.8) is 0 Å². The molecule has 0 aliphatic heterocycles. The van der Waals surface area contributed by atoms with E-state index in [-0.39, 0.29) is 11.8 Å². The zero-order valence-corrected chi connectivity index (χ0v) is 15.4. The summed E-state index contributed by atoms with van der Waals surface area (Å²) in [6, 6.07) is 12.6. The summed E-state index contributed by atoms with van der Waals surface area (Å²) in [6.07, 6.45) is 6.19. The second kappa shape index (κ2) is 9.27. The number of ether oxygens (including phenoxy) is 1. The van der Waals surface area contributed by atoms with Crippen molar-refractivity contribution in [1.29, 1.82) is 0 Å². The Morgan fingerprint density at radius 2 is 1.36 bits per heavy atom. The first-order valence-corrected chi connectivity index (χ1v) is 8.69. The van der Waals surface area contributed by atoms with Gasteiger partial charge in [-0.05, 0) is 41.5 Å². The first-order chi connectivity index (χ1) is 13.7. The first-order valence-electron chi connectivity index (χ1n) is 8.69. The molecule has 2 N–H and O–H groups in total. The standard InChI is InChI=1S/C21H20N4O3/c1-28-19-4-2-15(3-5-19)11-24-20(26)17-10-18(14-23-13-17)21(27)25-12-16-6-8-22-9-7-16/h2-10,13-14H,11-12H2,1H3,(H,24,26)(H,25,27). The minimum atomic E-state index is -0.299. The molecule has 2 heterocycles. The van der Waals surface area contributed by atoms with E-state index < -0.39 is 0 Å². The van der Waals surface area contributed by atoms with Gasteiger partial charge in [0, 0.05) is 37.9 Å². The minimum absolute atomic E-state index is 0.297. The molecule has 142 valence electrons. The van der Waals surface area contributed by atoms with Crippen LogP contribution in [0.3, 0.4) is 0 Å². The zero-order chi connectivity index (χ0) is 19.8. The predicted octanol–water partition coefficient (Wildman–Crippen LogP) is 2.35. The third-order valence-electron chi connectivity index (χ3n) is 4.08. The minimum Gasteiger partial charge on any atom is -0.497 e. The monoisotopic (exact) mass is 376 g/mol. The Morgan fingerprint density at radius 1 is 0.821 bits per heavy atom. The van der Waals surface area contributed by atoms with Crippen LogP contribution in [0.4, 0.5) is 0 Å². The molecule has 0 atom stereocenters. The van der Waals surface area contributed by atoms with Crippen LogP contribution < -0.4 is 15.4 Å². The van der Waals surface area contributed by atoms with E-state index in [1.165, 1.54) is 18.5 Å². The highest BCUT2D eigenvalue weighted by molar-refractivity contribution is 5.99. The average molecular weight is 376 g/mol. The Bertz CT molecular complexity index is 943. The molecule has 2 amide bonds. The largest absolute Gasteiger partial charge is 0.497 e. The highest BCUT2D eigenvalue weighted by atomic mass is 16.5. The van der Waals surface area contributed by atoms with Crippen molar-refractivity contribution >= 4 is 11.8 Å². The van der Waals surface area contributed by atoms with Crippen LogP contribution in [0.2, 0.25) is 0 Å². The lowest BCUT2D eigenvalue weighted by Crippen LogP contribution is -2.25. The van der Waals surface area contributed by atoms with Gasteiger partial charge in [-0.1, -0.05) is 12.1 Å².